The fourth-order valence-electron chi connectivity index (χ4n) is 3.19. The molecule has 5 nitrogen and oxygen atoms in total. The molecule has 0 saturated heterocycles. The number of rotatable bonds is 6. The number of carbonyl (C=O) groups is 1. The van der Waals surface area contributed by atoms with Gasteiger partial charge in [-0.25, -0.2) is 9.07 Å². The predicted octanol–water partition coefficient (Wildman–Crippen LogP) is 2.55. The SMILES string of the molecule is CCc1nn(C)c(OC)c1CNC(=O)[C@@H]1C[C@H]1c1ccc(F)cc1. The van der Waals surface area contributed by atoms with Gasteiger partial charge in [-0.15, -0.1) is 0 Å². The van der Waals surface area contributed by atoms with Crippen molar-refractivity contribution in [2.45, 2.75) is 32.2 Å². The summed E-state index contributed by atoms with van der Waals surface area (Å²) in [4.78, 5) is 12.4. The molecule has 1 aliphatic carbocycles. The van der Waals surface area contributed by atoms with Crippen LogP contribution >= 0.6 is 0 Å². The molecule has 24 heavy (non-hydrogen) atoms. The van der Waals surface area contributed by atoms with Gasteiger partial charge in [0, 0.05) is 19.5 Å². The molecule has 1 aliphatic rings. The van der Waals surface area contributed by atoms with Crippen molar-refractivity contribution in [2.75, 3.05) is 7.11 Å². The molecule has 0 spiro atoms. The highest BCUT2D eigenvalue weighted by atomic mass is 19.1. The first kappa shape index (κ1) is 16.5. The lowest BCUT2D eigenvalue weighted by molar-refractivity contribution is -0.122. The zero-order valence-corrected chi connectivity index (χ0v) is 14.2. The molecule has 1 fully saturated rings. The van der Waals surface area contributed by atoms with E-state index in [1.165, 1.54) is 12.1 Å². The molecule has 0 aliphatic heterocycles. The molecule has 3 rings (SSSR count). The van der Waals surface area contributed by atoms with Gasteiger partial charge in [0.2, 0.25) is 11.8 Å². The Morgan fingerprint density at radius 1 is 1.42 bits per heavy atom. The summed E-state index contributed by atoms with van der Waals surface area (Å²) in [6.07, 6.45) is 1.59. The Balaban J connectivity index is 1.62. The van der Waals surface area contributed by atoms with Crippen LogP contribution < -0.4 is 10.1 Å². The highest BCUT2D eigenvalue weighted by Crippen LogP contribution is 2.47. The van der Waals surface area contributed by atoms with Crippen LogP contribution in [0, 0.1) is 11.7 Å². The average Bonchev–Trinajstić information content (AvgIpc) is 3.31. The third-order valence-corrected chi connectivity index (χ3v) is 4.56. The molecule has 1 aromatic carbocycles. The molecule has 1 saturated carbocycles. The van der Waals surface area contributed by atoms with Crippen molar-refractivity contribution in [3.63, 3.8) is 0 Å². The van der Waals surface area contributed by atoms with E-state index in [0.717, 1.165) is 29.7 Å². The van der Waals surface area contributed by atoms with E-state index >= 15 is 0 Å². The predicted molar refractivity (Wildman–Crippen MR) is 88.2 cm³/mol. The second-order valence-corrected chi connectivity index (χ2v) is 6.13. The van der Waals surface area contributed by atoms with Gasteiger partial charge in [-0.3, -0.25) is 4.79 Å². The number of aryl methyl sites for hydroxylation is 2. The third kappa shape index (κ3) is 3.13. The quantitative estimate of drug-likeness (QED) is 0.885. The van der Waals surface area contributed by atoms with E-state index in [9.17, 15) is 9.18 Å². The molecule has 2 aromatic rings. The molecule has 128 valence electrons. The van der Waals surface area contributed by atoms with Crippen LogP contribution in [0.25, 0.3) is 0 Å². The summed E-state index contributed by atoms with van der Waals surface area (Å²) in [6, 6.07) is 6.40. The molecule has 1 amide bonds. The van der Waals surface area contributed by atoms with E-state index in [1.807, 2.05) is 14.0 Å². The van der Waals surface area contributed by atoms with Crippen LogP contribution in [0.3, 0.4) is 0 Å². The maximum absolute atomic E-state index is 13.0. The number of benzene rings is 1. The summed E-state index contributed by atoms with van der Waals surface area (Å²) >= 11 is 0. The van der Waals surface area contributed by atoms with Crippen LogP contribution in [-0.4, -0.2) is 22.8 Å². The first-order valence-corrected chi connectivity index (χ1v) is 8.17. The average molecular weight is 331 g/mol. The zero-order valence-electron chi connectivity index (χ0n) is 14.2. The zero-order chi connectivity index (χ0) is 17.3. The number of methoxy groups -OCH3 is 1. The van der Waals surface area contributed by atoms with Crippen LogP contribution in [0.4, 0.5) is 4.39 Å². The Bertz CT molecular complexity index is 739. The normalized spacial score (nSPS) is 19.2. The number of aromatic nitrogens is 2. The molecule has 0 radical (unpaired) electrons. The Morgan fingerprint density at radius 3 is 2.75 bits per heavy atom. The van der Waals surface area contributed by atoms with E-state index in [2.05, 4.69) is 10.4 Å². The molecule has 0 unspecified atom stereocenters. The van der Waals surface area contributed by atoms with Crippen LogP contribution in [-0.2, 0) is 24.8 Å². The summed E-state index contributed by atoms with van der Waals surface area (Å²) in [7, 11) is 3.43. The standard InChI is InChI=1S/C18H22FN3O2/c1-4-16-15(18(24-3)22(2)21-16)10-20-17(23)14-9-13(14)11-5-7-12(19)8-6-11/h5-8,13-14H,4,9-10H2,1-3H3,(H,20,23)/t13-,14+/m0/s1. The molecule has 6 heteroatoms. The summed E-state index contributed by atoms with van der Waals surface area (Å²) in [5.41, 5.74) is 2.88. The number of ether oxygens (including phenoxy) is 1. The molecule has 2 atom stereocenters. The topological polar surface area (TPSA) is 56.1 Å². The van der Waals surface area contributed by atoms with Gasteiger partial charge in [-0.2, -0.15) is 5.10 Å². The second kappa shape index (κ2) is 6.63. The number of halogens is 1. The first-order chi connectivity index (χ1) is 11.5. The number of hydrogen-bond donors (Lipinski definition) is 1. The van der Waals surface area contributed by atoms with Crippen LogP contribution in [0.15, 0.2) is 24.3 Å². The number of carbonyl (C=O) groups excluding carboxylic acids is 1. The minimum absolute atomic E-state index is 0.0253. The number of nitrogens with one attached hydrogen (secondary N) is 1. The molecule has 1 N–H and O–H groups in total. The molecule has 1 aromatic heterocycles. The Morgan fingerprint density at radius 2 is 2.12 bits per heavy atom. The minimum atomic E-state index is -0.254. The van der Waals surface area contributed by atoms with E-state index in [4.69, 9.17) is 4.74 Å². The van der Waals surface area contributed by atoms with Gasteiger partial charge in [0.1, 0.15) is 5.82 Å². The van der Waals surface area contributed by atoms with Crippen molar-refractivity contribution in [3.8, 4) is 5.88 Å². The van der Waals surface area contributed by atoms with E-state index < -0.39 is 0 Å². The summed E-state index contributed by atoms with van der Waals surface area (Å²) in [6.45, 7) is 2.43. The van der Waals surface area contributed by atoms with Crippen molar-refractivity contribution in [1.29, 1.82) is 0 Å². The largest absolute Gasteiger partial charge is 0.481 e. The fourth-order valence-corrected chi connectivity index (χ4v) is 3.19. The Hall–Kier alpha value is -2.37. The van der Waals surface area contributed by atoms with Gasteiger partial charge in [-0.1, -0.05) is 19.1 Å². The summed E-state index contributed by atoms with van der Waals surface area (Å²) in [5.74, 6) is 0.599. The van der Waals surface area contributed by atoms with Gasteiger partial charge in [0.25, 0.3) is 0 Å². The monoisotopic (exact) mass is 331 g/mol. The molecule has 0 bridgehead atoms. The fraction of sp³-hybridized carbons (Fsp3) is 0.444. The van der Waals surface area contributed by atoms with Gasteiger partial charge in [-0.05, 0) is 36.5 Å². The van der Waals surface area contributed by atoms with Gasteiger partial charge >= 0.3 is 0 Å². The molecule has 1 heterocycles. The van der Waals surface area contributed by atoms with Crippen molar-refractivity contribution in [3.05, 3.63) is 46.9 Å². The third-order valence-electron chi connectivity index (χ3n) is 4.56. The first-order valence-electron chi connectivity index (χ1n) is 8.17. The molecular formula is C18H22FN3O2. The Kier molecular flexibility index (Phi) is 4.55. The van der Waals surface area contributed by atoms with Crippen LogP contribution in [0.1, 0.15) is 36.1 Å². The molecular weight excluding hydrogens is 309 g/mol. The highest BCUT2D eigenvalue weighted by Gasteiger charge is 2.43. The number of nitrogens with zero attached hydrogens (tertiary/aromatic N) is 2. The number of amides is 1. The van der Waals surface area contributed by atoms with Crippen molar-refractivity contribution >= 4 is 5.91 Å². The van der Waals surface area contributed by atoms with Crippen molar-refractivity contribution in [1.82, 2.24) is 15.1 Å². The van der Waals surface area contributed by atoms with Crippen molar-refractivity contribution < 1.29 is 13.9 Å². The van der Waals surface area contributed by atoms with Gasteiger partial charge in [0.15, 0.2) is 0 Å². The number of hydrogen-bond acceptors (Lipinski definition) is 3. The lowest BCUT2D eigenvalue weighted by Gasteiger charge is -2.08. The highest BCUT2D eigenvalue weighted by molar-refractivity contribution is 5.82. The van der Waals surface area contributed by atoms with E-state index in [-0.39, 0.29) is 23.6 Å². The van der Waals surface area contributed by atoms with E-state index in [0.29, 0.717) is 12.4 Å². The maximum atomic E-state index is 13.0. The van der Waals surface area contributed by atoms with Crippen LogP contribution in [0.5, 0.6) is 5.88 Å². The summed E-state index contributed by atoms with van der Waals surface area (Å²) in [5, 5.41) is 7.40. The van der Waals surface area contributed by atoms with Gasteiger partial charge < -0.3 is 10.1 Å². The lowest BCUT2D eigenvalue weighted by Crippen LogP contribution is -2.25. The van der Waals surface area contributed by atoms with Crippen molar-refractivity contribution in [2.24, 2.45) is 13.0 Å². The minimum Gasteiger partial charge on any atom is -0.481 e. The Labute approximate surface area is 140 Å². The summed E-state index contributed by atoms with van der Waals surface area (Å²) < 4.78 is 20.1. The van der Waals surface area contributed by atoms with Crippen LogP contribution in [0.2, 0.25) is 0 Å². The maximum Gasteiger partial charge on any atom is 0.224 e. The van der Waals surface area contributed by atoms with E-state index in [1.54, 1.807) is 23.9 Å². The smallest absolute Gasteiger partial charge is 0.224 e. The van der Waals surface area contributed by atoms with Gasteiger partial charge in [0.05, 0.1) is 18.4 Å². The lowest BCUT2D eigenvalue weighted by atomic mass is 10.1. The second-order valence-electron chi connectivity index (χ2n) is 6.13.